The van der Waals surface area contributed by atoms with Crippen LogP contribution in [0.3, 0.4) is 0 Å². The molecule has 1 unspecified atom stereocenters. The number of aromatic nitrogens is 4. The van der Waals surface area contributed by atoms with E-state index >= 15 is 0 Å². The van der Waals surface area contributed by atoms with E-state index in [0.29, 0.717) is 27.6 Å². The van der Waals surface area contributed by atoms with Crippen LogP contribution in [0.4, 0.5) is 24.8 Å². The minimum Gasteiger partial charge on any atom is -0.461 e. The van der Waals surface area contributed by atoms with E-state index in [1.807, 2.05) is 6.92 Å². The molecule has 3 aromatic heterocycles. The lowest BCUT2D eigenvalue weighted by molar-refractivity contribution is -0.202. The van der Waals surface area contributed by atoms with Gasteiger partial charge in [0.25, 0.3) is 0 Å². The molecule has 41 heavy (non-hydrogen) atoms. The number of hydrogen-bond acceptors (Lipinski definition) is 8. The number of halogens is 4. The highest BCUT2D eigenvalue weighted by molar-refractivity contribution is 6.33. The van der Waals surface area contributed by atoms with Crippen LogP contribution in [0, 0.1) is 5.41 Å². The summed E-state index contributed by atoms with van der Waals surface area (Å²) in [5, 5.41) is 2.98. The Hall–Kier alpha value is -4.19. The smallest absolute Gasteiger partial charge is 0.416 e. The second-order valence-electron chi connectivity index (χ2n) is 9.61. The molecule has 2 fully saturated rings. The molecule has 4 aromatic rings. The molecule has 4 heterocycles. The van der Waals surface area contributed by atoms with E-state index in [2.05, 4.69) is 20.3 Å². The van der Waals surface area contributed by atoms with Crippen LogP contribution in [-0.4, -0.2) is 44.8 Å². The number of pyridine rings is 1. The Balaban J connectivity index is 0.000000152. The number of aldehydes is 1. The van der Waals surface area contributed by atoms with Crippen molar-refractivity contribution in [3.63, 3.8) is 0 Å². The number of imidazole rings is 1. The zero-order valence-electron chi connectivity index (χ0n) is 22.3. The van der Waals surface area contributed by atoms with E-state index in [4.69, 9.17) is 22.1 Å². The number of esters is 1. The first kappa shape index (κ1) is 29.8. The molecule has 216 valence electrons. The van der Waals surface area contributed by atoms with Crippen LogP contribution < -0.4 is 11.1 Å². The second kappa shape index (κ2) is 12.1. The number of nitrogen functional groups attached to an aromatic ring is 1. The van der Waals surface area contributed by atoms with E-state index in [1.165, 1.54) is 19.9 Å². The maximum Gasteiger partial charge on any atom is 0.416 e. The summed E-state index contributed by atoms with van der Waals surface area (Å²) in [4.78, 5) is 33.8. The number of alkyl halides is 3. The molecule has 6 rings (SSSR count). The zero-order valence-corrected chi connectivity index (χ0v) is 23.0. The number of fused-ring (bicyclic) bond motifs is 1. The fourth-order valence-corrected chi connectivity index (χ4v) is 5.11. The van der Waals surface area contributed by atoms with Crippen molar-refractivity contribution in [2.24, 2.45) is 5.41 Å². The number of ether oxygens (including phenoxy) is 1. The van der Waals surface area contributed by atoms with Crippen molar-refractivity contribution in [3.8, 4) is 11.3 Å². The lowest BCUT2D eigenvalue weighted by Gasteiger charge is -2.42. The van der Waals surface area contributed by atoms with E-state index in [-0.39, 0.29) is 23.3 Å². The van der Waals surface area contributed by atoms with Gasteiger partial charge in [0.15, 0.2) is 0 Å². The molecule has 1 saturated carbocycles. The van der Waals surface area contributed by atoms with Gasteiger partial charge in [0.2, 0.25) is 0 Å². The molecule has 1 spiro atoms. The molecule has 13 heteroatoms. The quantitative estimate of drug-likeness (QED) is 0.218. The van der Waals surface area contributed by atoms with Crippen molar-refractivity contribution in [2.75, 3.05) is 18.1 Å². The lowest BCUT2D eigenvalue weighted by atomic mass is 9.77. The SMILES string of the molecule is CC1OC(=O)C12CCCC2.CNc1cc(C(F)(F)F)ccn1.Nc1nccn2cnc(-c3ccc(C=O)cc3Cl)c12. The maximum atomic E-state index is 12.0. The molecular formula is C28H28ClF3N6O3. The standard InChI is InChI=1S/C13H9ClN4O.C8H12O2.C7H7F3N2/c14-10-5-8(6-19)1-2-9(10)11-12-13(15)16-3-4-18(12)7-17-11;1-6-8(7(9)10-6)4-2-3-5-8;1-11-6-4-5(2-3-12-6)7(8,9)10/h1-7H,(H2,15,16);6H,2-5H2,1H3;2-4H,1H3,(H,11,12). The highest BCUT2D eigenvalue weighted by Crippen LogP contribution is 2.49. The molecular weight excluding hydrogens is 561 g/mol. The van der Waals surface area contributed by atoms with Crippen molar-refractivity contribution in [3.05, 3.63) is 71.4 Å². The predicted octanol–water partition coefficient (Wildman–Crippen LogP) is 6.08. The van der Waals surface area contributed by atoms with Crippen LogP contribution in [0.25, 0.3) is 16.8 Å². The molecule has 1 atom stereocenters. The third kappa shape index (κ3) is 6.27. The number of carbonyl (C=O) groups is 2. The van der Waals surface area contributed by atoms with Crippen LogP contribution >= 0.6 is 11.6 Å². The van der Waals surface area contributed by atoms with Gasteiger partial charge in [-0.2, -0.15) is 13.2 Å². The summed E-state index contributed by atoms with van der Waals surface area (Å²) in [7, 11) is 1.52. The van der Waals surface area contributed by atoms with E-state index in [1.54, 1.807) is 41.3 Å². The molecule has 9 nitrogen and oxygen atoms in total. The molecule has 1 aliphatic heterocycles. The van der Waals surface area contributed by atoms with Gasteiger partial charge in [-0.1, -0.05) is 36.6 Å². The van der Waals surface area contributed by atoms with Gasteiger partial charge < -0.3 is 20.2 Å². The summed E-state index contributed by atoms with van der Waals surface area (Å²) in [6.45, 7) is 2.01. The number of nitrogens with two attached hydrogens (primary N) is 1. The van der Waals surface area contributed by atoms with Gasteiger partial charge >= 0.3 is 12.1 Å². The number of benzene rings is 1. The number of nitrogens with zero attached hydrogens (tertiary/aromatic N) is 4. The zero-order chi connectivity index (χ0) is 29.8. The first-order valence-electron chi connectivity index (χ1n) is 12.7. The van der Waals surface area contributed by atoms with Crippen LogP contribution in [0.15, 0.2) is 55.2 Å². The fraction of sp³-hybridized carbons (Fsp3) is 0.321. The summed E-state index contributed by atoms with van der Waals surface area (Å²) in [5.74, 6) is 0.646. The Kier molecular flexibility index (Phi) is 8.81. The van der Waals surface area contributed by atoms with Gasteiger partial charge in [0, 0.05) is 36.8 Å². The monoisotopic (exact) mass is 588 g/mol. The lowest BCUT2D eigenvalue weighted by Crippen LogP contribution is -2.53. The van der Waals surface area contributed by atoms with Crippen LogP contribution in [0.1, 0.15) is 48.5 Å². The summed E-state index contributed by atoms with van der Waals surface area (Å²) >= 11 is 6.18. The Morgan fingerprint density at radius 3 is 2.44 bits per heavy atom. The maximum absolute atomic E-state index is 12.0. The van der Waals surface area contributed by atoms with E-state index < -0.39 is 11.7 Å². The fourth-order valence-electron chi connectivity index (χ4n) is 4.83. The number of hydrogen-bond donors (Lipinski definition) is 2. The normalized spacial score (nSPS) is 17.0. The van der Waals surface area contributed by atoms with Crippen molar-refractivity contribution in [1.29, 1.82) is 0 Å². The van der Waals surface area contributed by atoms with Gasteiger partial charge in [0.1, 0.15) is 47.0 Å². The predicted molar refractivity (Wildman–Crippen MR) is 148 cm³/mol. The minimum absolute atomic E-state index is 0.0278. The molecule has 1 saturated heterocycles. The molecule has 1 aliphatic carbocycles. The van der Waals surface area contributed by atoms with Crippen molar-refractivity contribution >= 4 is 41.0 Å². The molecule has 3 N–H and O–H groups in total. The summed E-state index contributed by atoms with van der Waals surface area (Å²) in [6, 6.07) is 6.93. The highest BCUT2D eigenvalue weighted by atomic mass is 35.5. The Labute approximate surface area is 238 Å². The molecule has 1 aromatic carbocycles. The van der Waals surface area contributed by atoms with Crippen molar-refractivity contribution < 1.29 is 27.5 Å². The molecule has 0 bridgehead atoms. The molecule has 0 amide bonds. The Morgan fingerprint density at radius 2 is 1.88 bits per heavy atom. The largest absolute Gasteiger partial charge is 0.461 e. The summed E-state index contributed by atoms with van der Waals surface area (Å²) in [5.41, 5.74) is 7.73. The summed E-state index contributed by atoms with van der Waals surface area (Å²) in [6.07, 6.45) is 7.31. The van der Waals surface area contributed by atoms with E-state index in [0.717, 1.165) is 43.0 Å². The number of anilines is 2. The first-order chi connectivity index (χ1) is 19.5. The number of nitrogens with one attached hydrogen (secondary N) is 1. The van der Waals surface area contributed by atoms with Gasteiger partial charge in [0.05, 0.1) is 10.6 Å². The average Bonchev–Trinajstić information content (AvgIpc) is 3.64. The van der Waals surface area contributed by atoms with Crippen molar-refractivity contribution in [1.82, 2.24) is 19.4 Å². The van der Waals surface area contributed by atoms with Crippen LogP contribution in [0.2, 0.25) is 5.02 Å². The number of rotatable bonds is 3. The first-order valence-corrected chi connectivity index (χ1v) is 13.1. The number of cyclic esters (lactones) is 1. The molecule has 2 aliphatic rings. The van der Waals surface area contributed by atoms with Gasteiger partial charge in [-0.3, -0.25) is 9.59 Å². The van der Waals surface area contributed by atoms with Crippen LogP contribution in [0.5, 0.6) is 0 Å². The summed E-state index contributed by atoms with van der Waals surface area (Å²) < 4.78 is 42.9. The Bertz CT molecular complexity index is 1550. The third-order valence-corrected chi connectivity index (χ3v) is 7.48. The Morgan fingerprint density at radius 1 is 1.15 bits per heavy atom. The third-order valence-electron chi connectivity index (χ3n) is 7.17. The topological polar surface area (TPSA) is 124 Å². The molecule has 0 radical (unpaired) electrons. The van der Waals surface area contributed by atoms with Gasteiger partial charge in [-0.25, -0.2) is 15.0 Å². The average molecular weight is 589 g/mol. The number of carbonyl (C=O) groups excluding carboxylic acids is 2. The van der Waals surface area contributed by atoms with Crippen molar-refractivity contribution in [2.45, 2.75) is 44.9 Å². The van der Waals surface area contributed by atoms with E-state index in [9.17, 15) is 22.8 Å². The van der Waals surface area contributed by atoms with Gasteiger partial charge in [-0.15, -0.1) is 0 Å². The second-order valence-corrected chi connectivity index (χ2v) is 10.0. The van der Waals surface area contributed by atoms with Gasteiger partial charge in [-0.05, 0) is 38.0 Å². The van der Waals surface area contributed by atoms with Crippen LogP contribution in [-0.2, 0) is 15.7 Å². The minimum atomic E-state index is -4.30. The highest BCUT2D eigenvalue weighted by Gasteiger charge is 2.56.